The SMILES string of the molecule is O=C(C(C(=O)N1CCOCC1)C12CC3CC(CC(C3)C1)C2)N1CCOCC1. The van der Waals surface area contributed by atoms with Gasteiger partial charge in [-0.05, 0) is 61.7 Å². The molecule has 0 radical (unpaired) electrons. The van der Waals surface area contributed by atoms with E-state index in [1.807, 2.05) is 9.80 Å². The number of carbonyl (C=O) groups excluding carboxylic acids is 2. The summed E-state index contributed by atoms with van der Waals surface area (Å²) in [6.45, 7) is 4.85. The maximum atomic E-state index is 13.7. The molecule has 0 atom stereocenters. The van der Waals surface area contributed by atoms with E-state index in [9.17, 15) is 9.59 Å². The molecule has 150 valence electrons. The Hall–Kier alpha value is -1.14. The van der Waals surface area contributed by atoms with E-state index in [2.05, 4.69) is 0 Å². The van der Waals surface area contributed by atoms with Crippen LogP contribution in [0.1, 0.15) is 38.5 Å². The van der Waals surface area contributed by atoms with Crippen LogP contribution in [0.2, 0.25) is 0 Å². The van der Waals surface area contributed by atoms with Crippen molar-refractivity contribution in [1.82, 2.24) is 9.80 Å². The summed E-state index contributed by atoms with van der Waals surface area (Å²) in [6, 6.07) is 0. The second kappa shape index (κ2) is 7.03. The highest BCUT2D eigenvalue weighted by molar-refractivity contribution is 6.01. The monoisotopic (exact) mass is 376 g/mol. The van der Waals surface area contributed by atoms with E-state index in [4.69, 9.17) is 9.47 Å². The van der Waals surface area contributed by atoms with Crippen molar-refractivity contribution in [3.05, 3.63) is 0 Å². The summed E-state index contributed by atoms with van der Waals surface area (Å²) in [4.78, 5) is 31.2. The Morgan fingerprint density at radius 1 is 0.704 bits per heavy atom. The van der Waals surface area contributed by atoms with Crippen molar-refractivity contribution in [1.29, 1.82) is 0 Å². The van der Waals surface area contributed by atoms with Crippen LogP contribution in [-0.2, 0) is 19.1 Å². The fourth-order valence-electron chi connectivity index (χ4n) is 7.09. The molecule has 2 amide bonds. The minimum absolute atomic E-state index is 0.0803. The number of amides is 2. The molecule has 2 heterocycles. The first-order valence-corrected chi connectivity index (χ1v) is 10.9. The summed E-state index contributed by atoms with van der Waals surface area (Å²) >= 11 is 0. The van der Waals surface area contributed by atoms with Crippen molar-refractivity contribution >= 4 is 11.8 Å². The first kappa shape index (κ1) is 17.9. The lowest BCUT2D eigenvalue weighted by molar-refractivity contribution is -0.169. The van der Waals surface area contributed by atoms with Gasteiger partial charge in [-0.25, -0.2) is 0 Å². The van der Waals surface area contributed by atoms with Gasteiger partial charge in [0.2, 0.25) is 11.8 Å². The van der Waals surface area contributed by atoms with Crippen LogP contribution in [0.3, 0.4) is 0 Å². The zero-order valence-corrected chi connectivity index (χ0v) is 16.2. The van der Waals surface area contributed by atoms with Gasteiger partial charge in [-0.3, -0.25) is 9.59 Å². The Morgan fingerprint density at radius 3 is 1.44 bits per heavy atom. The molecule has 6 fully saturated rings. The molecule has 6 nitrogen and oxygen atoms in total. The van der Waals surface area contributed by atoms with Crippen LogP contribution in [0.4, 0.5) is 0 Å². The summed E-state index contributed by atoms with van der Waals surface area (Å²) in [7, 11) is 0. The fraction of sp³-hybridized carbons (Fsp3) is 0.905. The first-order chi connectivity index (χ1) is 13.1. The molecule has 0 unspecified atom stereocenters. The minimum Gasteiger partial charge on any atom is -0.378 e. The van der Waals surface area contributed by atoms with Gasteiger partial charge in [-0.2, -0.15) is 0 Å². The summed E-state index contributed by atoms with van der Waals surface area (Å²) < 4.78 is 10.9. The smallest absolute Gasteiger partial charge is 0.235 e. The zero-order valence-electron chi connectivity index (χ0n) is 16.2. The maximum Gasteiger partial charge on any atom is 0.235 e. The van der Waals surface area contributed by atoms with Crippen LogP contribution in [-0.4, -0.2) is 74.2 Å². The van der Waals surface area contributed by atoms with Crippen LogP contribution in [0.15, 0.2) is 0 Å². The summed E-state index contributed by atoms with van der Waals surface area (Å²) in [5, 5.41) is 0. The molecule has 6 heteroatoms. The van der Waals surface area contributed by atoms with Crippen molar-refractivity contribution in [3.63, 3.8) is 0 Å². The van der Waals surface area contributed by atoms with E-state index in [0.717, 1.165) is 37.0 Å². The summed E-state index contributed by atoms with van der Waals surface area (Å²) in [5.41, 5.74) is -0.0977. The number of rotatable bonds is 3. The zero-order chi connectivity index (χ0) is 18.4. The van der Waals surface area contributed by atoms with Gasteiger partial charge in [0.25, 0.3) is 0 Å². The molecule has 6 aliphatic rings. The van der Waals surface area contributed by atoms with Crippen molar-refractivity contribution in [2.24, 2.45) is 29.1 Å². The van der Waals surface area contributed by atoms with E-state index in [1.165, 1.54) is 19.3 Å². The molecular formula is C21H32N2O4. The fourth-order valence-corrected chi connectivity index (χ4v) is 7.09. The molecule has 4 saturated carbocycles. The molecular weight excluding hydrogens is 344 g/mol. The molecule has 0 aromatic rings. The quantitative estimate of drug-likeness (QED) is 0.701. The number of hydrogen-bond acceptors (Lipinski definition) is 4. The average Bonchev–Trinajstić information content (AvgIpc) is 2.68. The largest absolute Gasteiger partial charge is 0.378 e. The van der Waals surface area contributed by atoms with Crippen LogP contribution in [0.5, 0.6) is 0 Å². The second-order valence-electron chi connectivity index (χ2n) is 9.59. The molecule has 2 saturated heterocycles. The predicted molar refractivity (Wildman–Crippen MR) is 98.9 cm³/mol. The van der Waals surface area contributed by atoms with Gasteiger partial charge in [-0.1, -0.05) is 0 Å². The highest BCUT2D eigenvalue weighted by atomic mass is 16.5. The second-order valence-corrected chi connectivity index (χ2v) is 9.59. The standard InChI is InChI=1S/C21H32N2O4/c24-19(22-1-5-26-6-2-22)18(20(25)23-3-7-27-8-4-23)21-12-15-9-16(13-21)11-17(10-15)14-21/h15-18H,1-14H2. The Bertz CT molecular complexity index is 530. The van der Waals surface area contributed by atoms with E-state index < -0.39 is 5.92 Å². The van der Waals surface area contributed by atoms with Crippen LogP contribution in [0, 0.1) is 29.1 Å². The highest BCUT2D eigenvalue weighted by Crippen LogP contribution is 2.63. The summed E-state index contributed by atoms with van der Waals surface area (Å²) in [6.07, 6.45) is 7.21. The third-order valence-electron chi connectivity index (χ3n) is 7.84. The molecule has 0 spiro atoms. The van der Waals surface area contributed by atoms with Crippen molar-refractivity contribution in [2.75, 3.05) is 52.6 Å². The molecule has 0 aromatic heterocycles. The van der Waals surface area contributed by atoms with E-state index in [-0.39, 0.29) is 17.2 Å². The van der Waals surface area contributed by atoms with E-state index in [0.29, 0.717) is 52.6 Å². The molecule has 0 N–H and O–H groups in total. The van der Waals surface area contributed by atoms with Crippen LogP contribution < -0.4 is 0 Å². The lowest BCUT2D eigenvalue weighted by Gasteiger charge is -2.59. The Kier molecular flexibility index (Phi) is 4.67. The van der Waals surface area contributed by atoms with Crippen molar-refractivity contribution in [2.45, 2.75) is 38.5 Å². The van der Waals surface area contributed by atoms with E-state index in [1.54, 1.807) is 0 Å². The van der Waals surface area contributed by atoms with Gasteiger partial charge in [0.05, 0.1) is 26.4 Å². The van der Waals surface area contributed by atoms with Gasteiger partial charge in [-0.15, -0.1) is 0 Å². The third kappa shape index (κ3) is 3.19. The topological polar surface area (TPSA) is 59.1 Å². The number of hydrogen-bond donors (Lipinski definition) is 0. The van der Waals surface area contributed by atoms with Gasteiger partial charge < -0.3 is 19.3 Å². The predicted octanol–water partition coefficient (Wildman–Crippen LogP) is 1.54. The highest BCUT2D eigenvalue weighted by Gasteiger charge is 2.59. The molecule has 4 aliphatic carbocycles. The number of nitrogens with zero attached hydrogens (tertiary/aromatic N) is 2. The van der Waals surface area contributed by atoms with Crippen molar-refractivity contribution < 1.29 is 19.1 Å². The van der Waals surface area contributed by atoms with Gasteiger partial charge in [0.1, 0.15) is 5.92 Å². The minimum atomic E-state index is -0.484. The van der Waals surface area contributed by atoms with Gasteiger partial charge >= 0.3 is 0 Å². The Morgan fingerprint density at radius 2 is 1.07 bits per heavy atom. The van der Waals surface area contributed by atoms with Crippen LogP contribution in [0.25, 0.3) is 0 Å². The molecule has 2 aliphatic heterocycles. The number of carbonyl (C=O) groups is 2. The number of morpholine rings is 2. The lowest BCUT2D eigenvalue weighted by Crippen LogP contribution is -2.60. The lowest BCUT2D eigenvalue weighted by atomic mass is 9.46. The summed E-state index contributed by atoms with van der Waals surface area (Å²) in [5.74, 6) is 1.87. The molecule has 6 rings (SSSR count). The average molecular weight is 376 g/mol. The molecule has 0 aromatic carbocycles. The van der Waals surface area contributed by atoms with Crippen molar-refractivity contribution in [3.8, 4) is 0 Å². The van der Waals surface area contributed by atoms with Gasteiger partial charge in [0.15, 0.2) is 0 Å². The maximum absolute atomic E-state index is 13.7. The Balaban J connectivity index is 1.46. The first-order valence-electron chi connectivity index (χ1n) is 10.9. The normalized spacial score (nSPS) is 38.5. The van der Waals surface area contributed by atoms with Crippen LogP contribution >= 0.6 is 0 Å². The Labute approximate surface area is 161 Å². The van der Waals surface area contributed by atoms with Gasteiger partial charge in [0, 0.05) is 26.2 Å². The number of ether oxygens (including phenoxy) is 2. The van der Waals surface area contributed by atoms with E-state index >= 15 is 0 Å². The molecule has 27 heavy (non-hydrogen) atoms. The molecule has 4 bridgehead atoms. The third-order valence-corrected chi connectivity index (χ3v) is 7.84.